The highest BCUT2D eigenvalue weighted by Gasteiger charge is 2.25. The molecular weight excluding hydrogens is 160 g/mol. The summed E-state index contributed by atoms with van der Waals surface area (Å²) in [6.45, 7) is 2.21. The van der Waals surface area contributed by atoms with Gasteiger partial charge in [-0.15, -0.1) is 0 Å². The van der Waals surface area contributed by atoms with Crippen molar-refractivity contribution in [1.82, 2.24) is 4.90 Å². The van der Waals surface area contributed by atoms with E-state index in [0.29, 0.717) is 6.04 Å². The van der Waals surface area contributed by atoms with Crippen molar-refractivity contribution in [2.45, 2.75) is 38.3 Å². The molecule has 0 bridgehead atoms. The molecule has 0 fully saturated rings. The first-order valence-electron chi connectivity index (χ1n) is 5.10. The number of rotatable bonds is 0. The number of hydrogen-bond acceptors (Lipinski definition) is 2. The molecule has 0 saturated carbocycles. The quantitative estimate of drug-likeness (QED) is 0.611. The van der Waals surface area contributed by atoms with E-state index in [0.717, 1.165) is 6.42 Å². The average Bonchev–Trinajstić information content (AvgIpc) is 2.12. The van der Waals surface area contributed by atoms with E-state index in [1.54, 1.807) is 0 Å². The number of nitrogens with two attached hydrogens (primary N) is 1. The van der Waals surface area contributed by atoms with Crippen LogP contribution in [0.25, 0.3) is 0 Å². The molecule has 1 aliphatic carbocycles. The van der Waals surface area contributed by atoms with Crippen LogP contribution in [0.15, 0.2) is 23.4 Å². The molecule has 13 heavy (non-hydrogen) atoms. The molecular formula is C11H18N2. The van der Waals surface area contributed by atoms with Crippen LogP contribution in [0.5, 0.6) is 0 Å². The van der Waals surface area contributed by atoms with Crippen LogP contribution >= 0.6 is 0 Å². The van der Waals surface area contributed by atoms with Crippen molar-refractivity contribution in [3.05, 3.63) is 23.4 Å². The molecule has 2 N–H and O–H groups in total. The lowest BCUT2D eigenvalue weighted by Crippen LogP contribution is -2.41. The first kappa shape index (κ1) is 8.82. The molecule has 2 nitrogen and oxygen atoms in total. The van der Waals surface area contributed by atoms with Gasteiger partial charge in [0.1, 0.15) is 0 Å². The Bertz CT molecular complexity index is 265. The van der Waals surface area contributed by atoms with Crippen LogP contribution in [0.3, 0.4) is 0 Å². The van der Waals surface area contributed by atoms with Crippen LogP contribution in [0, 0.1) is 0 Å². The minimum atomic E-state index is 0.265. The molecule has 0 aromatic carbocycles. The van der Waals surface area contributed by atoms with Gasteiger partial charge in [-0.05, 0) is 31.8 Å². The summed E-state index contributed by atoms with van der Waals surface area (Å²) in [5.41, 5.74) is 8.94. The van der Waals surface area contributed by atoms with Gasteiger partial charge in [-0.25, -0.2) is 0 Å². The van der Waals surface area contributed by atoms with Gasteiger partial charge in [-0.1, -0.05) is 12.2 Å². The summed E-state index contributed by atoms with van der Waals surface area (Å²) < 4.78 is 0. The molecule has 72 valence electrons. The van der Waals surface area contributed by atoms with Crippen molar-refractivity contribution in [3.8, 4) is 0 Å². The largest absolute Gasteiger partial charge is 0.370 e. The van der Waals surface area contributed by atoms with Gasteiger partial charge in [-0.2, -0.15) is 0 Å². The molecule has 0 aromatic heterocycles. The maximum absolute atomic E-state index is 6.11. The number of nitrogens with zero attached hydrogens (tertiary/aromatic N) is 1. The fourth-order valence-corrected chi connectivity index (χ4v) is 2.28. The second-order valence-electron chi connectivity index (χ2n) is 4.12. The zero-order valence-electron chi connectivity index (χ0n) is 8.46. The molecule has 0 aromatic rings. The SMILES string of the molecule is CC1C=CC2=C(C(N)CCC2)N1C. The minimum Gasteiger partial charge on any atom is -0.370 e. The van der Waals surface area contributed by atoms with Crippen LogP contribution in [0.1, 0.15) is 26.2 Å². The van der Waals surface area contributed by atoms with Crippen molar-refractivity contribution >= 4 is 0 Å². The summed E-state index contributed by atoms with van der Waals surface area (Å²) in [5.74, 6) is 0. The number of allylic oxidation sites excluding steroid dienone is 2. The van der Waals surface area contributed by atoms with E-state index in [9.17, 15) is 0 Å². The molecule has 1 heterocycles. The normalized spacial score (nSPS) is 33.6. The van der Waals surface area contributed by atoms with Gasteiger partial charge in [0, 0.05) is 24.8 Å². The van der Waals surface area contributed by atoms with Gasteiger partial charge in [0.2, 0.25) is 0 Å². The van der Waals surface area contributed by atoms with Gasteiger partial charge >= 0.3 is 0 Å². The zero-order chi connectivity index (χ0) is 9.42. The lowest BCUT2D eigenvalue weighted by molar-refractivity contribution is 0.320. The summed E-state index contributed by atoms with van der Waals surface area (Å²) in [6.07, 6.45) is 8.11. The summed E-state index contributed by atoms with van der Waals surface area (Å²) in [7, 11) is 2.15. The first-order chi connectivity index (χ1) is 6.20. The van der Waals surface area contributed by atoms with Crippen molar-refractivity contribution < 1.29 is 0 Å². The van der Waals surface area contributed by atoms with Crippen molar-refractivity contribution in [1.29, 1.82) is 0 Å². The summed E-state index contributed by atoms with van der Waals surface area (Å²) in [6, 6.07) is 0.768. The smallest absolute Gasteiger partial charge is 0.0449 e. The van der Waals surface area contributed by atoms with E-state index in [1.807, 2.05) is 0 Å². The van der Waals surface area contributed by atoms with Crippen LogP contribution in [0.4, 0.5) is 0 Å². The van der Waals surface area contributed by atoms with E-state index in [1.165, 1.54) is 24.1 Å². The van der Waals surface area contributed by atoms with E-state index in [4.69, 9.17) is 5.73 Å². The Morgan fingerprint density at radius 3 is 3.08 bits per heavy atom. The molecule has 2 rings (SSSR count). The predicted molar refractivity (Wildman–Crippen MR) is 55.2 cm³/mol. The Balaban J connectivity index is 2.34. The molecule has 0 spiro atoms. The molecule has 2 atom stereocenters. The molecule has 1 aliphatic heterocycles. The monoisotopic (exact) mass is 178 g/mol. The molecule has 2 aliphatic rings. The fraction of sp³-hybridized carbons (Fsp3) is 0.636. The summed E-state index contributed by atoms with van der Waals surface area (Å²) in [4.78, 5) is 2.32. The predicted octanol–water partition coefficient (Wildman–Crippen LogP) is 1.64. The Kier molecular flexibility index (Phi) is 2.16. The topological polar surface area (TPSA) is 29.3 Å². The minimum absolute atomic E-state index is 0.265. The van der Waals surface area contributed by atoms with E-state index in [2.05, 4.69) is 31.0 Å². The number of hydrogen-bond donors (Lipinski definition) is 1. The summed E-state index contributed by atoms with van der Waals surface area (Å²) >= 11 is 0. The number of likely N-dealkylation sites (N-methyl/N-ethyl adjacent to an activating group) is 1. The Hall–Kier alpha value is -0.760. The average molecular weight is 178 g/mol. The van der Waals surface area contributed by atoms with Crippen molar-refractivity contribution in [2.24, 2.45) is 5.73 Å². The van der Waals surface area contributed by atoms with E-state index >= 15 is 0 Å². The fourth-order valence-electron chi connectivity index (χ4n) is 2.28. The molecule has 0 radical (unpaired) electrons. The van der Waals surface area contributed by atoms with Gasteiger partial charge in [0.05, 0.1) is 0 Å². The van der Waals surface area contributed by atoms with Crippen molar-refractivity contribution in [3.63, 3.8) is 0 Å². The standard InChI is InChI=1S/C11H18N2/c1-8-6-7-9-4-3-5-10(12)11(9)13(8)2/h6-8,10H,3-5,12H2,1-2H3. The van der Waals surface area contributed by atoms with Gasteiger partial charge in [0.15, 0.2) is 0 Å². The third-order valence-electron chi connectivity index (χ3n) is 3.21. The highest BCUT2D eigenvalue weighted by atomic mass is 15.2. The first-order valence-corrected chi connectivity index (χ1v) is 5.10. The maximum atomic E-state index is 6.11. The third-order valence-corrected chi connectivity index (χ3v) is 3.21. The Morgan fingerprint density at radius 1 is 1.54 bits per heavy atom. The van der Waals surface area contributed by atoms with Crippen LogP contribution < -0.4 is 5.73 Å². The van der Waals surface area contributed by atoms with Crippen LogP contribution in [-0.4, -0.2) is 24.0 Å². The van der Waals surface area contributed by atoms with Crippen LogP contribution in [-0.2, 0) is 0 Å². The lowest BCUT2D eigenvalue weighted by atomic mass is 9.88. The highest BCUT2D eigenvalue weighted by Crippen LogP contribution is 2.31. The van der Waals surface area contributed by atoms with Gasteiger partial charge in [0.25, 0.3) is 0 Å². The molecule has 0 saturated heterocycles. The third kappa shape index (κ3) is 1.39. The molecule has 0 amide bonds. The van der Waals surface area contributed by atoms with Gasteiger partial charge < -0.3 is 10.6 Å². The highest BCUT2D eigenvalue weighted by molar-refractivity contribution is 5.35. The Labute approximate surface area is 80.1 Å². The van der Waals surface area contributed by atoms with Crippen molar-refractivity contribution in [2.75, 3.05) is 7.05 Å². The second-order valence-corrected chi connectivity index (χ2v) is 4.12. The Morgan fingerprint density at radius 2 is 2.31 bits per heavy atom. The maximum Gasteiger partial charge on any atom is 0.0449 e. The summed E-state index contributed by atoms with van der Waals surface area (Å²) in [5, 5.41) is 0. The van der Waals surface area contributed by atoms with E-state index in [-0.39, 0.29) is 6.04 Å². The van der Waals surface area contributed by atoms with Crippen LogP contribution in [0.2, 0.25) is 0 Å². The van der Waals surface area contributed by atoms with Gasteiger partial charge in [-0.3, -0.25) is 0 Å². The molecule has 2 unspecified atom stereocenters. The molecule has 2 heteroatoms. The lowest BCUT2D eigenvalue weighted by Gasteiger charge is -2.38. The van der Waals surface area contributed by atoms with E-state index < -0.39 is 0 Å². The second kappa shape index (κ2) is 3.18. The zero-order valence-corrected chi connectivity index (χ0v) is 8.46.